The fraction of sp³-hybridized carbons (Fsp3) is 0.333. The molecular formula is C21H20F3N3O5S. The van der Waals surface area contributed by atoms with Crippen LogP contribution in [-0.4, -0.2) is 49.3 Å². The molecule has 1 aliphatic carbocycles. The van der Waals surface area contributed by atoms with Gasteiger partial charge in [-0.3, -0.25) is 0 Å². The maximum Gasteiger partial charge on any atom is 0.573 e. The first-order valence-electron chi connectivity index (χ1n) is 10.1. The van der Waals surface area contributed by atoms with E-state index in [1.54, 1.807) is 24.3 Å². The summed E-state index contributed by atoms with van der Waals surface area (Å²) in [7, 11) is -3.90. The van der Waals surface area contributed by atoms with E-state index in [0.717, 1.165) is 42.7 Å². The second-order valence-corrected chi connectivity index (χ2v) is 9.47. The van der Waals surface area contributed by atoms with Gasteiger partial charge in [0.2, 0.25) is 15.9 Å². The maximum atomic E-state index is 12.8. The standard InChI is InChI=1S/C21H20F3N3O5S/c22-21(23,24)32-16-6-8-17(9-7-16)33(29,30)27-12-10-14(11-13-27)18-2-1-3-19(26-18)31-20(28)25-15-4-5-15/h1-3,6-10,15H,4-5,11-13H2,(H,25,28). The summed E-state index contributed by atoms with van der Waals surface area (Å²) in [6.45, 7) is 0.220. The van der Waals surface area contributed by atoms with Crippen molar-refractivity contribution in [3.05, 3.63) is 54.2 Å². The number of carbonyl (C=O) groups is 1. The Kier molecular flexibility index (Phi) is 6.30. The molecule has 0 radical (unpaired) electrons. The molecule has 1 fully saturated rings. The topological polar surface area (TPSA) is 97.8 Å². The average Bonchev–Trinajstić information content (AvgIpc) is 3.57. The lowest BCUT2D eigenvalue weighted by atomic mass is 10.1. The third-order valence-electron chi connectivity index (χ3n) is 5.02. The molecule has 2 aliphatic rings. The lowest BCUT2D eigenvalue weighted by Crippen LogP contribution is -2.34. The van der Waals surface area contributed by atoms with Crippen molar-refractivity contribution in [2.24, 2.45) is 0 Å². The minimum absolute atomic E-state index is 0.0629. The van der Waals surface area contributed by atoms with E-state index in [-0.39, 0.29) is 29.9 Å². The molecule has 2 heterocycles. The van der Waals surface area contributed by atoms with Gasteiger partial charge in [0.15, 0.2) is 0 Å². The summed E-state index contributed by atoms with van der Waals surface area (Å²) in [4.78, 5) is 16.0. The number of aromatic nitrogens is 1. The molecule has 0 unspecified atom stereocenters. The van der Waals surface area contributed by atoms with E-state index in [0.29, 0.717) is 12.1 Å². The minimum atomic E-state index is -4.86. The number of nitrogens with one attached hydrogen (secondary N) is 1. The molecule has 8 nitrogen and oxygen atoms in total. The number of rotatable bonds is 6. The Labute approximate surface area is 188 Å². The minimum Gasteiger partial charge on any atom is -0.406 e. The van der Waals surface area contributed by atoms with Crippen LogP contribution >= 0.6 is 0 Å². The van der Waals surface area contributed by atoms with Crippen LogP contribution in [0, 0.1) is 0 Å². The van der Waals surface area contributed by atoms with Crippen molar-refractivity contribution in [3.8, 4) is 11.6 Å². The number of hydrogen-bond donors (Lipinski definition) is 1. The van der Waals surface area contributed by atoms with Gasteiger partial charge in [0.25, 0.3) is 0 Å². The number of amides is 1. The number of benzene rings is 1. The Morgan fingerprint density at radius 1 is 1.12 bits per heavy atom. The summed E-state index contributed by atoms with van der Waals surface area (Å²) in [6.07, 6.45) is -1.49. The van der Waals surface area contributed by atoms with Crippen molar-refractivity contribution in [2.45, 2.75) is 36.6 Å². The highest BCUT2D eigenvalue weighted by Gasteiger charge is 2.32. The monoisotopic (exact) mass is 483 g/mol. The first-order valence-corrected chi connectivity index (χ1v) is 11.5. The largest absolute Gasteiger partial charge is 0.573 e. The highest BCUT2D eigenvalue weighted by molar-refractivity contribution is 7.89. The van der Waals surface area contributed by atoms with E-state index in [1.165, 1.54) is 4.31 Å². The molecule has 0 bridgehead atoms. The lowest BCUT2D eigenvalue weighted by molar-refractivity contribution is -0.274. The summed E-state index contributed by atoms with van der Waals surface area (Å²) in [5, 5.41) is 2.70. The number of sulfonamides is 1. The van der Waals surface area contributed by atoms with Gasteiger partial charge in [0.05, 0.1) is 10.6 Å². The molecule has 1 aromatic carbocycles. The van der Waals surface area contributed by atoms with Gasteiger partial charge in [-0.2, -0.15) is 4.31 Å². The van der Waals surface area contributed by atoms with Gasteiger partial charge >= 0.3 is 12.5 Å². The number of alkyl halides is 3. The van der Waals surface area contributed by atoms with Gasteiger partial charge in [0.1, 0.15) is 5.75 Å². The molecule has 0 spiro atoms. The van der Waals surface area contributed by atoms with Crippen LogP contribution in [0.2, 0.25) is 0 Å². The molecule has 1 aromatic heterocycles. The van der Waals surface area contributed by atoms with Crippen LogP contribution in [0.1, 0.15) is 25.0 Å². The Hall–Kier alpha value is -3.12. The molecule has 0 saturated heterocycles. The highest BCUT2D eigenvalue weighted by atomic mass is 32.2. The molecule has 1 N–H and O–H groups in total. The second-order valence-electron chi connectivity index (χ2n) is 7.53. The van der Waals surface area contributed by atoms with Crippen molar-refractivity contribution in [2.75, 3.05) is 13.1 Å². The molecule has 1 amide bonds. The number of pyridine rings is 1. The van der Waals surface area contributed by atoms with Crippen molar-refractivity contribution >= 4 is 21.7 Å². The number of halogens is 3. The van der Waals surface area contributed by atoms with Crippen molar-refractivity contribution in [3.63, 3.8) is 0 Å². The smallest absolute Gasteiger partial charge is 0.406 e. The molecule has 1 aliphatic heterocycles. The summed E-state index contributed by atoms with van der Waals surface area (Å²) in [5.41, 5.74) is 1.36. The van der Waals surface area contributed by atoms with Gasteiger partial charge in [-0.1, -0.05) is 12.1 Å². The van der Waals surface area contributed by atoms with E-state index in [1.807, 2.05) is 0 Å². The Bertz CT molecular complexity index is 1160. The summed E-state index contributed by atoms with van der Waals surface area (Å²) in [6, 6.07) is 9.21. The number of nitrogens with zero attached hydrogens (tertiary/aromatic N) is 2. The normalized spacial score (nSPS) is 17.2. The van der Waals surface area contributed by atoms with E-state index < -0.39 is 28.2 Å². The van der Waals surface area contributed by atoms with Crippen LogP contribution in [0.15, 0.2) is 53.4 Å². The maximum absolute atomic E-state index is 12.8. The van der Waals surface area contributed by atoms with Gasteiger partial charge in [-0.05, 0) is 55.2 Å². The predicted octanol–water partition coefficient (Wildman–Crippen LogP) is 3.71. The second kappa shape index (κ2) is 9.02. The molecule has 2 aromatic rings. The van der Waals surface area contributed by atoms with E-state index in [2.05, 4.69) is 15.0 Å². The zero-order chi connectivity index (χ0) is 23.6. The van der Waals surface area contributed by atoms with E-state index in [4.69, 9.17) is 4.74 Å². The van der Waals surface area contributed by atoms with Crippen LogP contribution in [-0.2, 0) is 10.0 Å². The summed E-state index contributed by atoms with van der Waals surface area (Å²) >= 11 is 0. The molecular weight excluding hydrogens is 463 g/mol. The molecule has 33 heavy (non-hydrogen) atoms. The quantitative estimate of drug-likeness (QED) is 0.673. The third-order valence-corrected chi connectivity index (χ3v) is 6.90. The van der Waals surface area contributed by atoms with E-state index in [9.17, 15) is 26.4 Å². The van der Waals surface area contributed by atoms with Crippen LogP contribution in [0.25, 0.3) is 5.57 Å². The Balaban J connectivity index is 1.41. The average molecular weight is 483 g/mol. The molecule has 0 atom stereocenters. The van der Waals surface area contributed by atoms with Gasteiger partial charge < -0.3 is 14.8 Å². The van der Waals surface area contributed by atoms with Gasteiger partial charge in [0, 0.05) is 25.2 Å². The zero-order valence-electron chi connectivity index (χ0n) is 17.2. The fourth-order valence-corrected chi connectivity index (χ4v) is 4.61. The Morgan fingerprint density at radius 2 is 1.85 bits per heavy atom. The van der Waals surface area contributed by atoms with Gasteiger partial charge in [-0.15, -0.1) is 13.2 Å². The van der Waals surface area contributed by atoms with Crippen molar-refractivity contribution in [1.29, 1.82) is 0 Å². The summed E-state index contributed by atoms with van der Waals surface area (Å²) < 4.78 is 72.8. The fourth-order valence-electron chi connectivity index (χ4n) is 3.23. The Morgan fingerprint density at radius 3 is 2.45 bits per heavy atom. The van der Waals surface area contributed by atoms with Crippen molar-refractivity contribution < 1.29 is 35.9 Å². The SMILES string of the molecule is O=C(NC1CC1)Oc1cccc(C2=CCN(S(=O)(=O)c3ccc(OC(F)(F)F)cc3)CC2)n1. The lowest BCUT2D eigenvalue weighted by Gasteiger charge is -2.25. The van der Waals surface area contributed by atoms with Crippen LogP contribution in [0.5, 0.6) is 11.6 Å². The highest BCUT2D eigenvalue weighted by Crippen LogP contribution is 2.28. The zero-order valence-corrected chi connectivity index (χ0v) is 18.0. The summed E-state index contributed by atoms with van der Waals surface area (Å²) in [5.74, 6) is -0.357. The molecule has 12 heteroatoms. The first kappa shape index (κ1) is 23.1. The number of hydrogen-bond acceptors (Lipinski definition) is 6. The van der Waals surface area contributed by atoms with E-state index >= 15 is 0 Å². The van der Waals surface area contributed by atoms with Gasteiger partial charge in [-0.25, -0.2) is 18.2 Å². The third kappa shape index (κ3) is 6.02. The first-order chi connectivity index (χ1) is 15.6. The molecule has 176 valence electrons. The van der Waals surface area contributed by atoms with Crippen LogP contribution < -0.4 is 14.8 Å². The number of ether oxygens (including phenoxy) is 2. The van der Waals surface area contributed by atoms with Crippen molar-refractivity contribution in [1.82, 2.24) is 14.6 Å². The predicted molar refractivity (Wildman–Crippen MR) is 111 cm³/mol. The number of carbonyl (C=O) groups excluding carboxylic acids is 1. The molecule has 1 saturated carbocycles. The molecule has 4 rings (SSSR count). The van der Waals surface area contributed by atoms with Crippen LogP contribution in [0.3, 0.4) is 0 Å². The van der Waals surface area contributed by atoms with Crippen LogP contribution in [0.4, 0.5) is 18.0 Å².